The number of aromatic nitrogens is 1. The lowest BCUT2D eigenvalue weighted by Crippen LogP contribution is -2.29. The van der Waals surface area contributed by atoms with Crippen molar-refractivity contribution in [3.8, 4) is 11.8 Å². The van der Waals surface area contributed by atoms with Crippen LogP contribution in [-0.2, 0) is 11.3 Å². The molecule has 0 aromatic carbocycles. The molecule has 0 radical (unpaired) electrons. The van der Waals surface area contributed by atoms with E-state index in [4.69, 9.17) is 15.7 Å². The van der Waals surface area contributed by atoms with Gasteiger partial charge in [-0.15, -0.1) is 0 Å². The average Bonchev–Trinajstić information content (AvgIpc) is 2.34. The standard InChI is InChI=1S/C10H12N4O2/c11-3-4-13-10(15)7-16-9-2-1-8(5-12)14-6-9/h1-2,6H,4-5,7,12H2,(H,13,15). The number of hydrogen-bond donors (Lipinski definition) is 2. The Morgan fingerprint density at radius 1 is 1.62 bits per heavy atom. The highest BCUT2D eigenvalue weighted by atomic mass is 16.5. The number of ether oxygens (including phenoxy) is 1. The summed E-state index contributed by atoms with van der Waals surface area (Å²) in [6.07, 6.45) is 1.50. The summed E-state index contributed by atoms with van der Waals surface area (Å²) in [5.74, 6) is 0.147. The van der Waals surface area contributed by atoms with Crippen LogP contribution in [0.4, 0.5) is 0 Å². The first kappa shape index (κ1) is 11.9. The van der Waals surface area contributed by atoms with Gasteiger partial charge in [-0.1, -0.05) is 0 Å². The molecule has 1 heterocycles. The van der Waals surface area contributed by atoms with Gasteiger partial charge in [-0.25, -0.2) is 0 Å². The zero-order valence-electron chi connectivity index (χ0n) is 8.64. The summed E-state index contributed by atoms with van der Waals surface area (Å²) in [7, 11) is 0. The van der Waals surface area contributed by atoms with E-state index in [0.717, 1.165) is 5.69 Å². The third kappa shape index (κ3) is 3.94. The van der Waals surface area contributed by atoms with Crippen molar-refractivity contribution >= 4 is 5.91 Å². The number of pyridine rings is 1. The lowest BCUT2D eigenvalue weighted by atomic mass is 10.3. The van der Waals surface area contributed by atoms with Gasteiger partial charge in [0.25, 0.3) is 5.91 Å². The molecule has 1 aromatic rings. The fourth-order valence-electron chi connectivity index (χ4n) is 0.955. The maximum absolute atomic E-state index is 11.1. The van der Waals surface area contributed by atoms with Crippen LogP contribution in [0.25, 0.3) is 0 Å². The van der Waals surface area contributed by atoms with Crippen LogP contribution in [0, 0.1) is 11.3 Å². The molecule has 0 saturated heterocycles. The number of amides is 1. The van der Waals surface area contributed by atoms with Gasteiger partial charge in [0.2, 0.25) is 0 Å². The van der Waals surface area contributed by atoms with Crippen LogP contribution in [-0.4, -0.2) is 24.0 Å². The number of carbonyl (C=O) groups excluding carboxylic acids is 1. The molecule has 6 nitrogen and oxygen atoms in total. The summed E-state index contributed by atoms with van der Waals surface area (Å²) in [5.41, 5.74) is 6.13. The highest BCUT2D eigenvalue weighted by Gasteiger charge is 2.01. The van der Waals surface area contributed by atoms with Crippen molar-refractivity contribution in [1.82, 2.24) is 10.3 Å². The van der Waals surface area contributed by atoms with E-state index in [1.54, 1.807) is 18.2 Å². The van der Waals surface area contributed by atoms with Gasteiger partial charge in [-0.05, 0) is 12.1 Å². The Morgan fingerprint density at radius 2 is 2.44 bits per heavy atom. The predicted octanol–water partition coefficient (Wildman–Crippen LogP) is -0.441. The van der Waals surface area contributed by atoms with Crippen LogP contribution >= 0.6 is 0 Å². The van der Waals surface area contributed by atoms with Crippen molar-refractivity contribution in [3.05, 3.63) is 24.0 Å². The van der Waals surface area contributed by atoms with Gasteiger partial charge < -0.3 is 15.8 Å². The Labute approximate surface area is 93.0 Å². The molecule has 0 fully saturated rings. The third-order valence-corrected chi connectivity index (χ3v) is 1.74. The fourth-order valence-corrected chi connectivity index (χ4v) is 0.955. The van der Waals surface area contributed by atoms with E-state index >= 15 is 0 Å². The highest BCUT2D eigenvalue weighted by Crippen LogP contribution is 2.08. The molecule has 6 heteroatoms. The van der Waals surface area contributed by atoms with Crippen LogP contribution in [0.1, 0.15) is 5.69 Å². The Bertz CT molecular complexity index is 383. The zero-order chi connectivity index (χ0) is 11.8. The quantitative estimate of drug-likeness (QED) is 0.655. The van der Waals surface area contributed by atoms with E-state index in [9.17, 15) is 4.79 Å². The highest BCUT2D eigenvalue weighted by molar-refractivity contribution is 5.77. The van der Waals surface area contributed by atoms with Gasteiger partial charge >= 0.3 is 0 Å². The predicted molar refractivity (Wildman–Crippen MR) is 56.2 cm³/mol. The minimum atomic E-state index is -0.343. The largest absolute Gasteiger partial charge is 0.482 e. The second-order valence-electron chi connectivity index (χ2n) is 2.91. The Balaban J connectivity index is 2.37. The summed E-state index contributed by atoms with van der Waals surface area (Å²) < 4.78 is 5.14. The molecule has 0 bridgehead atoms. The van der Waals surface area contributed by atoms with Gasteiger partial charge in [-0.3, -0.25) is 9.78 Å². The average molecular weight is 220 g/mol. The number of nitrogens with one attached hydrogen (secondary N) is 1. The second-order valence-corrected chi connectivity index (χ2v) is 2.91. The molecular weight excluding hydrogens is 208 g/mol. The van der Waals surface area contributed by atoms with Crippen LogP contribution in [0.3, 0.4) is 0 Å². The summed E-state index contributed by atoms with van der Waals surface area (Å²) >= 11 is 0. The SMILES string of the molecule is N#CCNC(=O)COc1ccc(CN)nc1. The molecule has 3 N–H and O–H groups in total. The van der Waals surface area contributed by atoms with E-state index in [1.807, 2.05) is 0 Å². The number of nitriles is 1. The molecule has 0 aliphatic rings. The molecule has 1 aromatic heterocycles. The van der Waals surface area contributed by atoms with Crippen molar-refractivity contribution in [3.63, 3.8) is 0 Å². The van der Waals surface area contributed by atoms with Gasteiger partial charge in [0, 0.05) is 6.54 Å². The molecule has 84 valence electrons. The lowest BCUT2D eigenvalue weighted by molar-refractivity contribution is -0.122. The second kappa shape index (κ2) is 6.37. The normalized spacial score (nSPS) is 9.25. The summed E-state index contributed by atoms with van der Waals surface area (Å²) in [6.45, 7) is 0.209. The van der Waals surface area contributed by atoms with Gasteiger partial charge in [0.05, 0.1) is 18.0 Å². The molecule has 1 rings (SSSR count). The van der Waals surface area contributed by atoms with Crippen molar-refractivity contribution in [2.75, 3.05) is 13.2 Å². The summed E-state index contributed by atoms with van der Waals surface area (Å²) in [6, 6.07) is 5.21. The number of rotatable bonds is 5. The minimum Gasteiger partial charge on any atom is -0.482 e. The Morgan fingerprint density at radius 3 is 3.00 bits per heavy atom. The molecular formula is C10H12N4O2. The number of carbonyl (C=O) groups is 1. The lowest BCUT2D eigenvalue weighted by Gasteiger charge is -2.05. The van der Waals surface area contributed by atoms with Crippen LogP contribution < -0.4 is 15.8 Å². The molecule has 0 saturated carbocycles. The van der Waals surface area contributed by atoms with Crippen LogP contribution in [0.15, 0.2) is 18.3 Å². The van der Waals surface area contributed by atoms with Crippen molar-refractivity contribution in [1.29, 1.82) is 5.26 Å². The molecule has 0 aliphatic carbocycles. The molecule has 0 spiro atoms. The number of nitrogens with zero attached hydrogens (tertiary/aromatic N) is 2. The maximum atomic E-state index is 11.1. The number of hydrogen-bond acceptors (Lipinski definition) is 5. The molecule has 1 amide bonds. The minimum absolute atomic E-state index is 0.0213. The van der Waals surface area contributed by atoms with Crippen molar-refractivity contribution < 1.29 is 9.53 Å². The van der Waals surface area contributed by atoms with E-state index < -0.39 is 0 Å². The summed E-state index contributed by atoms with van der Waals surface area (Å²) in [4.78, 5) is 15.1. The monoisotopic (exact) mass is 220 g/mol. The van der Waals surface area contributed by atoms with E-state index in [0.29, 0.717) is 12.3 Å². The van der Waals surface area contributed by atoms with E-state index in [2.05, 4.69) is 10.3 Å². The third-order valence-electron chi connectivity index (χ3n) is 1.74. The van der Waals surface area contributed by atoms with Gasteiger partial charge in [0.1, 0.15) is 12.3 Å². The Kier molecular flexibility index (Phi) is 4.76. The fraction of sp³-hybridized carbons (Fsp3) is 0.300. The molecule has 0 unspecified atom stereocenters. The van der Waals surface area contributed by atoms with Crippen molar-refractivity contribution in [2.45, 2.75) is 6.54 Å². The maximum Gasteiger partial charge on any atom is 0.258 e. The Hall–Kier alpha value is -2.13. The van der Waals surface area contributed by atoms with Crippen LogP contribution in [0.2, 0.25) is 0 Å². The molecule has 16 heavy (non-hydrogen) atoms. The van der Waals surface area contributed by atoms with Crippen LogP contribution in [0.5, 0.6) is 5.75 Å². The topological polar surface area (TPSA) is 101 Å². The smallest absolute Gasteiger partial charge is 0.258 e. The van der Waals surface area contributed by atoms with E-state index in [-0.39, 0.29) is 19.1 Å². The summed E-state index contributed by atoms with van der Waals surface area (Å²) in [5, 5.41) is 10.6. The first-order valence-corrected chi connectivity index (χ1v) is 4.67. The molecule has 0 aliphatic heterocycles. The first-order valence-electron chi connectivity index (χ1n) is 4.67. The number of nitrogens with two attached hydrogens (primary N) is 1. The molecule has 0 atom stereocenters. The van der Waals surface area contributed by atoms with Gasteiger partial charge in [0.15, 0.2) is 6.61 Å². The first-order chi connectivity index (χ1) is 7.76. The van der Waals surface area contributed by atoms with Gasteiger partial charge in [-0.2, -0.15) is 5.26 Å². The van der Waals surface area contributed by atoms with Crippen molar-refractivity contribution in [2.24, 2.45) is 5.73 Å². The zero-order valence-corrected chi connectivity index (χ0v) is 8.64. The van der Waals surface area contributed by atoms with E-state index in [1.165, 1.54) is 6.20 Å².